The van der Waals surface area contributed by atoms with Crippen molar-refractivity contribution in [3.63, 3.8) is 0 Å². The Hall–Kier alpha value is -1.46. The highest BCUT2D eigenvalue weighted by atomic mass is 32.1. The third-order valence-corrected chi connectivity index (χ3v) is 5.76. The van der Waals surface area contributed by atoms with Crippen LogP contribution in [0.2, 0.25) is 0 Å². The third kappa shape index (κ3) is 2.24. The number of fused-ring (bicyclic) bond motifs is 4. The van der Waals surface area contributed by atoms with Crippen LogP contribution in [0.4, 0.5) is 0 Å². The zero-order valence-corrected chi connectivity index (χ0v) is 12.9. The number of hydrogen-bond donors (Lipinski definition) is 1. The van der Waals surface area contributed by atoms with E-state index in [1.54, 1.807) is 0 Å². The Kier molecular flexibility index (Phi) is 3.19. The predicted octanol–water partition coefficient (Wildman–Crippen LogP) is 2.51. The highest BCUT2D eigenvalue weighted by Crippen LogP contribution is 2.32. The molecule has 4 heterocycles. The number of carbonyl (C=O) groups excluding carboxylic acids is 1. The van der Waals surface area contributed by atoms with E-state index in [9.17, 15) is 4.79 Å². The van der Waals surface area contributed by atoms with Gasteiger partial charge >= 0.3 is 0 Å². The van der Waals surface area contributed by atoms with Crippen molar-refractivity contribution < 1.29 is 4.79 Å². The fourth-order valence-corrected chi connectivity index (χ4v) is 4.42. The van der Waals surface area contributed by atoms with Gasteiger partial charge in [0.25, 0.3) is 5.91 Å². The molecule has 5 rings (SSSR count). The first-order valence-electron chi connectivity index (χ1n) is 7.61. The molecule has 0 radical (unpaired) electrons. The standard InChI is InChI=1S/C16H19N3OS/c1-10-15(11-4-6-19(10)7-5-11)17-16(20)12-2-3-13-9-21-18-14(13)8-12/h2-3,8-11,15H,4-7H2,1H3,(H,17,20)/t10-,15-/m0/s1. The highest BCUT2D eigenvalue weighted by Gasteiger charge is 2.40. The molecule has 3 aliphatic rings. The fourth-order valence-electron chi connectivity index (χ4n) is 3.78. The van der Waals surface area contributed by atoms with E-state index in [1.165, 1.54) is 37.5 Å². The summed E-state index contributed by atoms with van der Waals surface area (Å²) in [5, 5.41) is 6.38. The topological polar surface area (TPSA) is 45.2 Å². The molecule has 1 aromatic carbocycles. The minimum absolute atomic E-state index is 0.0375. The van der Waals surface area contributed by atoms with Gasteiger partial charge in [-0.05, 0) is 62.4 Å². The molecule has 1 aromatic heterocycles. The van der Waals surface area contributed by atoms with E-state index in [1.807, 2.05) is 23.6 Å². The van der Waals surface area contributed by atoms with E-state index >= 15 is 0 Å². The second-order valence-corrected chi connectivity index (χ2v) is 6.83. The second-order valence-electron chi connectivity index (χ2n) is 6.20. The lowest BCUT2D eigenvalue weighted by Gasteiger charge is -2.49. The summed E-state index contributed by atoms with van der Waals surface area (Å²) >= 11 is 1.43. The first-order valence-corrected chi connectivity index (χ1v) is 8.45. The maximum atomic E-state index is 12.5. The summed E-state index contributed by atoms with van der Waals surface area (Å²) in [6.07, 6.45) is 2.42. The van der Waals surface area contributed by atoms with Gasteiger partial charge in [0.05, 0.1) is 5.52 Å². The minimum Gasteiger partial charge on any atom is -0.347 e. The molecule has 0 unspecified atom stereocenters. The Morgan fingerprint density at radius 2 is 2.19 bits per heavy atom. The quantitative estimate of drug-likeness (QED) is 0.927. The van der Waals surface area contributed by atoms with E-state index in [2.05, 4.69) is 21.5 Å². The van der Waals surface area contributed by atoms with Gasteiger partial charge in [0.2, 0.25) is 0 Å². The lowest BCUT2D eigenvalue weighted by atomic mass is 9.79. The Balaban J connectivity index is 1.54. The largest absolute Gasteiger partial charge is 0.347 e. The molecule has 1 amide bonds. The van der Waals surface area contributed by atoms with Crippen LogP contribution in [0.3, 0.4) is 0 Å². The number of nitrogens with zero attached hydrogens (tertiary/aromatic N) is 2. The molecule has 2 aromatic rings. The van der Waals surface area contributed by atoms with Crippen LogP contribution in [0.5, 0.6) is 0 Å². The van der Waals surface area contributed by atoms with E-state index < -0.39 is 0 Å². The number of aromatic nitrogens is 1. The van der Waals surface area contributed by atoms with E-state index in [0.29, 0.717) is 12.0 Å². The van der Waals surface area contributed by atoms with Crippen molar-refractivity contribution in [2.45, 2.75) is 31.8 Å². The first kappa shape index (κ1) is 13.2. The van der Waals surface area contributed by atoms with Crippen molar-refractivity contribution in [2.24, 2.45) is 5.92 Å². The van der Waals surface area contributed by atoms with Gasteiger partial charge in [0.1, 0.15) is 0 Å². The fraction of sp³-hybridized carbons (Fsp3) is 0.500. The molecule has 4 nitrogen and oxygen atoms in total. The SMILES string of the molecule is C[C@H]1[C@H](NC(=O)c2ccc3csnc3c2)C2CCN1CC2. The molecule has 0 saturated carbocycles. The van der Waals surface area contributed by atoms with Crippen LogP contribution in [0, 0.1) is 5.92 Å². The van der Waals surface area contributed by atoms with Crippen molar-refractivity contribution in [1.29, 1.82) is 0 Å². The number of benzene rings is 1. The van der Waals surface area contributed by atoms with Crippen LogP contribution in [0.15, 0.2) is 23.6 Å². The number of carbonyl (C=O) groups is 1. The Morgan fingerprint density at radius 1 is 1.38 bits per heavy atom. The van der Waals surface area contributed by atoms with Crippen LogP contribution in [0.1, 0.15) is 30.1 Å². The number of nitrogens with one attached hydrogen (secondary N) is 1. The maximum absolute atomic E-state index is 12.5. The van der Waals surface area contributed by atoms with E-state index in [0.717, 1.165) is 16.5 Å². The zero-order chi connectivity index (χ0) is 14.4. The van der Waals surface area contributed by atoms with Crippen molar-refractivity contribution in [3.8, 4) is 0 Å². The number of piperidine rings is 3. The molecule has 3 saturated heterocycles. The van der Waals surface area contributed by atoms with Crippen molar-refractivity contribution in [3.05, 3.63) is 29.1 Å². The van der Waals surface area contributed by atoms with Gasteiger partial charge in [-0.15, -0.1) is 0 Å². The molecule has 0 aliphatic carbocycles. The number of amides is 1. The lowest BCUT2D eigenvalue weighted by Crippen LogP contribution is -2.62. The molecule has 2 bridgehead atoms. The normalized spacial score (nSPS) is 31.5. The van der Waals surface area contributed by atoms with Gasteiger partial charge in [0, 0.05) is 28.4 Å². The number of rotatable bonds is 2. The van der Waals surface area contributed by atoms with Crippen LogP contribution >= 0.6 is 11.5 Å². The average molecular weight is 301 g/mol. The van der Waals surface area contributed by atoms with E-state index in [-0.39, 0.29) is 11.9 Å². The van der Waals surface area contributed by atoms with Gasteiger partial charge < -0.3 is 5.32 Å². The monoisotopic (exact) mass is 301 g/mol. The smallest absolute Gasteiger partial charge is 0.251 e. The molecule has 1 N–H and O–H groups in total. The summed E-state index contributed by atoms with van der Waals surface area (Å²) in [6, 6.07) is 6.51. The summed E-state index contributed by atoms with van der Waals surface area (Å²) in [4.78, 5) is 15.0. The van der Waals surface area contributed by atoms with Gasteiger partial charge in [-0.1, -0.05) is 6.07 Å². The average Bonchev–Trinajstić information content (AvgIpc) is 2.98. The highest BCUT2D eigenvalue weighted by molar-refractivity contribution is 7.04. The van der Waals surface area contributed by atoms with Crippen molar-refractivity contribution in [1.82, 2.24) is 14.6 Å². The van der Waals surface area contributed by atoms with Gasteiger partial charge in [-0.3, -0.25) is 9.69 Å². The second kappa shape index (κ2) is 5.07. The Bertz CT molecular complexity index is 673. The van der Waals surface area contributed by atoms with Crippen LogP contribution < -0.4 is 5.32 Å². The summed E-state index contributed by atoms with van der Waals surface area (Å²) in [5.74, 6) is 0.674. The van der Waals surface area contributed by atoms with Gasteiger partial charge in [-0.25, -0.2) is 0 Å². The molecular formula is C16H19N3OS. The minimum atomic E-state index is 0.0375. The zero-order valence-electron chi connectivity index (χ0n) is 12.1. The van der Waals surface area contributed by atoms with Gasteiger partial charge in [-0.2, -0.15) is 4.37 Å². The maximum Gasteiger partial charge on any atom is 0.251 e. The Morgan fingerprint density at radius 3 is 2.95 bits per heavy atom. The van der Waals surface area contributed by atoms with E-state index in [4.69, 9.17) is 0 Å². The molecule has 2 atom stereocenters. The first-order chi connectivity index (χ1) is 10.2. The lowest BCUT2D eigenvalue weighted by molar-refractivity contribution is 0.0217. The molecule has 3 aliphatic heterocycles. The molecule has 0 spiro atoms. The summed E-state index contributed by atoms with van der Waals surface area (Å²) in [6.45, 7) is 4.60. The molecule has 110 valence electrons. The summed E-state index contributed by atoms with van der Waals surface area (Å²) in [7, 11) is 0. The summed E-state index contributed by atoms with van der Waals surface area (Å²) in [5.41, 5.74) is 1.63. The Labute approximate surface area is 128 Å². The van der Waals surface area contributed by atoms with Crippen LogP contribution in [0.25, 0.3) is 10.9 Å². The molecule has 21 heavy (non-hydrogen) atoms. The van der Waals surface area contributed by atoms with Crippen LogP contribution in [-0.4, -0.2) is 40.4 Å². The van der Waals surface area contributed by atoms with Gasteiger partial charge in [0.15, 0.2) is 0 Å². The molecular weight excluding hydrogens is 282 g/mol. The van der Waals surface area contributed by atoms with Crippen molar-refractivity contribution in [2.75, 3.05) is 13.1 Å². The number of hydrogen-bond acceptors (Lipinski definition) is 4. The summed E-state index contributed by atoms with van der Waals surface area (Å²) < 4.78 is 4.32. The molecule has 3 fully saturated rings. The van der Waals surface area contributed by atoms with Crippen molar-refractivity contribution >= 4 is 28.3 Å². The van der Waals surface area contributed by atoms with Crippen LogP contribution in [-0.2, 0) is 0 Å². The predicted molar refractivity (Wildman–Crippen MR) is 84.6 cm³/mol. The third-order valence-electron chi connectivity index (χ3n) is 5.10. The molecule has 5 heteroatoms.